The van der Waals surface area contributed by atoms with Crippen molar-refractivity contribution in [3.05, 3.63) is 179 Å². The maximum absolute atomic E-state index is 12.0. The first-order valence-electron chi connectivity index (χ1n) is 21.4. The number of carbonyl (C=O) groups is 5. The number of methoxy groups -OCH3 is 4. The molecule has 0 saturated heterocycles. The Morgan fingerprint density at radius 1 is 0.479 bits per heavy atom. The number of carbonyl (C=O) groups excluding carboxylic acids is 3. The molecule has 0 aromatic heterocycles. The number of amides is 3. The Labute approximate surface area is 409 Å². The molecule has 6 rings (SSSR count). The summed E-state index contributed by atoms with van der Waals surface area (Å²) in [6, 6.07) is 36.8. The van der Waals surface area contributed by atoms with Crippen LogP contribution in [0.5, 0.6) is 46.0 Å². The van der Waals surface area contributed by atoms with Crippen LogP contribution in [0, 0.1) is 0 Å². The van der Waals surface area contributed by atoms with Gasteiger partial charge < -0.3 is 49.1 Å². The molecule has 0 unspecified atom stereocenters. The van der Waals surface area contributed by atoms with Crippen molar-refractivity contribution >= 4 is 65.3 Å². The normalized spacial score (nSPS) is 11.2. The lowest BCUT2D eigenvalue weighted by Crippen LogP contribution is -2.33. The van der Waals surface area contributed by atoms with E-state index in [1.807, 2.05) is 17.4 Å². The van der Waals surface area contributed by atoms with Gasteiger partial charge in [0.05, 0.1) is 46.2 Å². The maximum atomic E-state index is 12.0. The number of carboxylic acids is 2. The summed E-state index contributed by atoms with van der Waals surface area (Å²) in [5.41, 5.74) is 8.89. The number of primary amides is 1. The van der Waals surface area contributed by atoms with E-state index >= 15 is 0 Å². The Morgan fingerprint density at radius 3 is 1.13 bits per heavy atom. The number of nitrogens with two attached hydrogens (primary N) is 1. The minimum Gasteiger partial charge on any atom is -0.497 e. The van der Waals surface area contributed by atoms with Crippen molar-refractivity contribution in [2.75, 3.05) is 35.0 Å². The van der Waals surface area contributed by atoms with Gasteiger partial charge in [-0.05, 0) is 137 Å². The molecule has 0 fully saturated rings. The Morgan fingerprint density at radius 2 is 0.817 bits per heavy atom. The largest absolute Gasteiger partial charge is 0.497 e. The second-order valence-corrected chi connectivity index (χ2v) is 14.7. The van der Waals surface area contributed by atoms with Gasteiger partial charge in [-0.1, -0.05) is 48.5 Å². The zero-order chi connectivity index (χ0) is 51.3. The molecular formula is C55H50N2O14. The van der Waals surface area contributed by atoms with Gasteiger partial charge in [0.15, 0.2) is 0 Å². The molecule has 0 atom stereocenters. The van der Waals surface area contributed by atoms with Crippen LogP contribution in [-0.4, -0.2) is 75.1 Å². The molecule has 0 saturated carbocycles. The van der Waals surface area contributed by atoms with Crippen molar-refractivity contribution < 1.29 is 67.3 Å². The molecule has 3 amide bonds. The van der Waals surface area contributed by atoms with E-state index in [2.05, 4.69) is 0 Å². The fourth-order valence-electron chi connectivity index (χ4n) is 6.36. The molecule has 5 N–H and O–H groups in total. The van der Waals surface area contributed by atoms with Gasteiger partial charge in [0.25, 0.3) is 5.91 Å². The molecule has 16 heteroatoms. The predicted molar refractivity (Wildman–Crippen MR) is 268 cm³/mol. The number of ether oxygens (including phenoxy) is 7. The molecule has 0 heterocycles. The van der Waals surface area contributed by atoms with Crippen LogP contribution in [0.25, 0.3) is 35.5 Å². The fourth-order valence-corrected chi connectivity index (χ4v) is 6.36. The first-order chi connectivity index (χ1) is 34.2. The zero-order valence-corrected chi connectivity index (χ0v) is 39.2. The quantitative estimate of drug-likeness (QED) is 0.0336. The monoisotopic (exact) mass is 962 g/mol. The maximum Gasteiger partial charge on any atom is 0.336 e. The smallest absolute Gasteiger partial charge is 0.336 e. The first kappa shape index (κ1) is 52.4. The van der Waals surface area contributed by atoms with Gasteiger partial charge in [0.2, 0.25) is 0 Å². The lowest BCUT2D eigenvalue weighted by molar-refractivity contribution is -0.137. The topological polar surface area (TPSA) is 228 Å². The van der Waals surface area contributed by atoms with Gasteiger partial charge in [-0.15, -0.1) is 0 Å². The minimum absolute atomic E-state index is 0.0911. The number of rotatable bonds is 19. The molecule has 0 aliphatic heterocycles. The van der Waals surface area contributed by atoms with Gasteiger partial charge in [0.1, 0.15) is 46.0 Å². The number of hydrogen-bond donors (Lipinski definition) is 4. The molecule has 16 nitrogen and oxygen atoms in total. The molecule has 6 aromatic carbocycles. The van der Waals surface area contributed by atoms with Crippen molar-refractivity contribution in [2.24, 2.45) is 5.73 Å². The molecule has 0 bridgehead atoms. The number of aliphatic carboxylic acids is 2. The van der Waals surface area contributed by atoms with Crippen molar-refractivity contribution in [3.8, 4) is 46.0 Å². The minimum atomic E-state index is -1.08. The molecule has 6 aromatic rings. The van der Waals surface area contributed by atoms with E-state index in [0.717, 1.165) is 5.56 Å². The van der Waals surface area contributed by atoms with E-state index in [1.165, 1.54) is 46.7 Å². The van der Waals surface area contributed by atoms with Crippen molar-refractivity contribution in [3.63, 3.8) is 0 Å². The molecule has 71 heavy (non-hydrogen) atoms. The summed E-state index contributed by atoms with van der Waals surface area (Å²) in [5, 5.41) is 21.5. The van der Waals surface area contributed by atoms with Crippen LogP contribution in [0.2, 0.25) is 0 Å². The third-order valence-electron chi connectivity index (χ3n) is 9.76. The average Bonchev–Trinajstić information content (AvgIpc) is 3.37. The fraction of sp³-hybridized carbons (Fsp3) is 0.109. The van der Waals surface area contributed by atoms with E-state index in [9.17, 15) is 34.2 Å². The first-order valence-corrected chi connectivity index (χ1v) is 21.4. The number of benzene rings is 6. The van der Waals surface area contributed by atoms with Crippen LogP contribution in [0.4, 0.5) is 4.79 Å². The number of urea groups is 1. The Kier molecular flexibility index (Phi) is 19.3. The summed E-state index contributed by atoms with van der Waals surface area (Å²) in [7, 11) is 6.11. The molecular weight excluding hydrogens is 913 g/mol. The highest BCUT2D eigenvalue weighted by Gasteiger charge is 2.14. The van der Waals surface area contributed by atoms with E-state index in [4.69, 9.17) is 38.9 Å². The standard InChI is InChI=1S/C28H26O7.C27H24N2O7/c1-4-34-27(29)14-7-19-5-10-22(11-6-19)35-23-12-8-21(9-13-23)26(28(30)31)17-20-15-24(32-2)18-25(16-20)33-3;1-34-22-13-18(14-23(16-22)35-2)15-24(26(31)32)19-6-10-21(11-7-19)36-20-8-3-17(4-9-20)5-12-25(30)29-27(28)33/h5-18H,4H2,1-3H3,(H,30,31);3-16H,1-2H3,(H,31,32)(H3,28,29,30,33)/b14-7+,26-17+;12-5+,24-15+. The van der Waals surface area contributed by atoms with E-state index in [0.29, 0.717) is 80.4 Å². The highest BCUT2D eigenvalue weighted by Crippen LogP contribution is 2.31. The summed E-state index contributed by atoms with van der Waals surface area (Å²) in [6.07, 6.45) is 8.84. The highest BCUT2D eigenvalue weighted by atomic mass is 16.5. The van der Waals surface area contributed by atoms with E-state index in [-0.39, 0.29) is 11.1 Å². The Hall–Kier alpha value is -9.57. The zero-order valence-electron chi connectivity index (χ0n) is 39.2. The second kappa shape index (κ2) is 26.1. The van der Waals surface area contributed by atoms with Gasteiger partial charge in [-0.2, -0.15) is 0 Å². The number of esters is 1. The van der Waals surface area contributed by atoms with Crippen LogP contribution in [0.15, 0.2) is 146 Å². The lowest BCUT2D eigenvalue weighted by Gasteiger charge is -2.09. The summed E-state index contributed by atoms with van der Waals surface area (Å²) >= 11 is 0. The summed E-state index contributed by atoms with van der Waals surface area (Å²) in [5.74, 6) is 1.25. The van der Waals surface area contributed by atoms with E-state index in [1.54, 1.807) is 146 Å². The third-order valence-corrected chi connectivity index (χ3v) is 9.76. The highest BCUT2D eigenvalue weighted by molar-refractivity contribution is 6.21. The van der Waals surface area contributed by atoms with Crippen LogP contribution >= 0.6 is 0 Å². The van der Waals surface area contributed by atoms with Crippen LogP contribution in [0.1, 0.15) is 40.3 Å². The van der Waals surface area contributed by atoms with Crippen LogP contribution < -0.4 is 39.5 Å². The summed E-state index contributed by atoms with van der Waals surface area (Å²) in [4.78, 5) is 57.4. The van der Waals surface area contributed by atoms with Gasteiger partial charge in [-0.3, -0.25) is 10.1 Å². The van der Waals surface area contributed by atoms with Gasteiger partial charge >= 0.3 is 23.9 Å². The predicted octanol–water partition coefficient (Wildman–Crippen LogP) is 10.0. The molecule has 0 radical (unpaired) electrons. The van der Waals surface area contributed by atoms with E-state index < -0.39 is 29.8 Å². The molecule has 0 spiro atoms. The second-order valence-electron chi connectivity index (χ2n) is 14.7. The van der Waals surface area contributed by atoms with Crippen molar-refractivity contribution in [1.29, 1.82) is 0 Å². The molecule has 364 valence electrons. The summed E-state index contributed by atoms with van der Waals surface area (Å²) < 4.78 is 37.6. The molecule has 0 aliphatic carbocycles. The number of nitrogens with one attached hydrogen (secondary N) is 1. The Balaban J connectivity index is 0.000000264. The summed E-state index contributed by atoms with van der Waals surface area (Å²) in [6.45, 7) is 2.08. The van der Waals surface area contributed by atoms with Crippen LogP contribution in [-0.2, 0) is 23.9 Å². The molecule has 0 aliphatic rings. The average molecular weight is 963 g/mol. The number of carboxylic acid groups (broad SMARTS) is 2. The Bertz CT molecular complexity index is 2890. The third kappa shape index (κ3) is 16.6. The van der Waals surface area contributed by atoms with Gasteiger partial charge in [-0.25, -0.2) is 19.2 Å². The number of imide groups is 1. The van der Waals surface area contributed by atoms with Gasteiger partial charge in [0, 0.05) is 24.3 Å². The SMILES string of the molecule is CCOC(=O)/C=C/c1ccc(Oc2ccc(/C(=C\c3cc(OC)cc(OC)c3)C(=O)O)cc2)cc1.COc1cc(/C=C(/C(=O)O)c2ccc(Oc3ccc(/C=C/C(=O)NC(N)=O)cc3)cc2)cc(OC)c1. The number of hydrogen-bond acceptors (Lipinski definition) is 12. The van der Waals surface area contributed by atoms with Crippen LogP contribution in [0.3, 0.4) is 0 Å². The lowest BCUT2D eigenvalue weighted by atomic mass is 10.0. The van der Waals surface area contributed by atoms with Crippen molar-refractivity contribution in [1.82, 2.24) is 5.32 Å². The van der Waals surface area contributed by atoms with Crippen molar-refractivity contribution in [2.45, 2.75) is 6.92 Å².